The maximum absolute atomic E-state index is 12.6. The first kappa shape index (κ1) is 18.8. The first-order valence-corrected chi connectivity index (χ1v) is 7.92. The standard InChI is InChI=1S/C17H20F3N3O2/c1-3-10-21(12-17(18,19)20)15(24)9-11-23-14-8-6-5-7-13(14)22(4-2)16(23)25/h3,5-8H,1,4,9-12H2,2H3. The molecule has 0 aliphatic carbocycles. The number of amides is 1. The van der Waals surface area contributed by atoms with E-state index < -0.39 is 18.6 Å². The zero-order valence-corrected chi connectivity index (χ0v) is 13.9. The topological polar surface area (TPSA) is 47.2 Å². The fraction of sp³-hybridized carbons (Fsp3) is 0.412. The normalized spacial score (nSPS) is 11.7. The van der Waals surface area contributed by atoms with E-state index in [0.29, 0.717) is 17.0 Å². The van der Waals surface area contributed by atoms with Gasteiger partial charge in [-0.3, -0.25) is 13.9 Å². The Labute approximate surface area is 143 Å². The number of para-hydroxylation sites is 2. The average Bonchev–Trinajstić information content (AvgIpc) is 2.82. The van der Waals surface area contributed by atoms with E-state index in [0.717, 1.165) is 5.52 Å². The highest BCUT2D eigenvalue weighted by atomic mass is 19.4. The molecule has 1 amide bonds. The molecule has 2 rings (SSSR count). The lowest BCUT2D eigenvalue weighted by Crippen LogP contribution is -2.39. The Balaban J connectivity index is 2.21. The molecule has 0 fully saturated rings. The maximum Gasteiger partial charge on any atom is 0.406 e. The van der Waals surface area contributed by atoms with Gasteiger partial charge in [-0.2, -0.15) is 13.2 Å². The van der Waals surface area contributed by atoms with Gasteiger partial charge < -0.3 is 4.90 Å². The maximum atomic E-state index is 12.6. The zero-order chi connectivity index (χ0) is 18.6. The highest BCUT2D eigenvalue weighted by Gasteiger charge is 2.32. The van der Waals surface area contributed by atoms with Gasteiger partial charge in [-0.05, 0) is 19.1 Å². The van der Waals surface area contributed by atoms with Crippen molar-refractivity contribution < 1.29 is 18.0 Å². The van der Waals surface area contributed by atoms with E-state index in [1.807, 2.05) is 6.92 Å². The van der Waals surface area contributed by atoms with Crippen molar-refractivity contribution in [3.05, 3.63) is 47.4 Å². The Kier molecular flexibility index (Phi) is 5.71. The Hall–Kier alpha value is -2.51. The Morgan fingerprint density at radius 3 is 2.36 bits per heavy atom. The summed E-state index contributed by atoms with van der Waals surface area (Å²) in [6, 6.07) is 7.13. The highest BCUT2D eigenvalue weighted by molar-refractivity contribution is 5.78. The third kappa shape index (κ3) is 4.32. The predicted octanol–water partition coefficient (Wildman–Crippen LogP) is 2.79. The lowest BCUT2D eigenvalue weighted by atomic mass is 10.3. The third-order valence-electron chi connectivity index (χ3n) is 3.86. The minimum Gasteiger partial charge on any atom is -0.330 e. The summed E-state index contributed by atoms with van der Waals surface area (Å²) in [5, 5.41) is 0. The van der Waals surface area contributed by atoms with Crippen LogP contribution >= 0.6 is 0 Å². The van der Waals surface area contributed by atoms with Gasteiger partial charge in [0.05, 0.1) is 11.0 Å². The second kappa shape index (κ2) is 7.58. The van der Waals surface area contributed by atoms with Crippen LogP contribution in [0.3, 0.4) is 0 Å². The van der Waals surface area contributed by atoms with Gasteiger partial charge >= 0.3 is 11.9 Å². The molecular formula is C17H20F3N3O2. The summed E-state index contributed by atoms with van der Waals surface area (Å²) < 4.78 is 40.8. The van der Waals surface area contributed by atoms with Gasteiger partial charge in [0.15, 0.2) is 0 Å². The number of halogens is 3. The van der Waals surface area contributed by atoms with Crippen molar-refractivity contribution in [2.75, 3.05) is 13.1 Å². The Morgan fingerprint density at radius 1 is 1.24 bits per heavy atom. The number of alkyl halides is 3. The minimum absolute atomic E-state index is 0.0245. The van der Waals surface area contributed by atoms with E-state index in [9.17, 15) is 22.8 Å². The smallest absolute Gasteiger partial charge is 0.330 e. The second-order valence-electron chi connectivity index (χ2n) is 5.60. The largest absolute Gasteiger partial charge is 0.406 e. The van der Waals surface area contributed by atoms with Crippen LogP contribution in [-0.2, 0) is 17.9 Å². The van der Waals surface area contributed by atoms with Gasteiger partial charge in [0.25, 0.3) is 0 Å². The number of carbonyl (C=O) groups excluding carboxylic acids is 1. The van der Waals surface area contributed by atoms with Gasteiger partial charge in [0.1, 0.15) is 6.54 Å². The molecule has 8 heteroatoms. The summed E-state index contributed by atoms with van der Waals surface area (Å²) in [5.74, 6) is -0.669. The van der Waals surface area contributed by atoms with Crippen LogP contribution in [0, 0.1) is 0 Å². The summed E-state index contributed by atoms with van der Waals surface area (Å²) in [5.41, 5.74) is 1.12. The van der Waals surface area contributed by atoms with Crippen LogP contribution in [0.4, 0.5) is 13.2 Å². The van der Waals surface area contributed by atoms with E-state index in [-0.39, 0.29) is 25.2 Å². The molecule has 1 aromatic carbocycles. The van der Waals surface area contributed by atoms with E-state index in [1.54, 1.807) is 28.8 Å². The molecule has 0 saturated heterocycles. The van der Waals surface area contributed by atoms with Crippen molar-refractivity contribution in [3.8, 4) is 0 Å². The fourth-order valence-corrected chi connectivity index (χ4v) is 2.79. The number of benzene rings is 1. The van der Waals surface area contributed by atoms with Crippen LogP contribution in [0.15, 0.2) is 41.7 Å². The summed E-state index contributed by atoms with van der Waals surface area (Å²) in [6.07, 6.45) is -3.42. The highest BCUT2D eigenvalue weighted by Crippen LogP contribution is 2.18. The molecule has 1 aromatic heterocycles. The van der Waals surface area contributed by atoms with E-state index in [2.05, 4.69) is 6.58 Å². The molecular weight excluding hydrogens is 335 g/mol. The third-order valence-corrected chi connectivity index (χ3v) is 3.86. The van der Waals surface area contributed by atoms with Crippen molar-refractivity contribution in [3.63, 3.8) is 0 Å². The molecule has 0 unspecified atom stereocenters. The zero-order valence-electron chi connectivity index (χ0n) is 13.9. The number of aromatic nitrogens is 2. The summed E-state index contributed by atoms with van der Waals surface area (Å²) in [6.45, 7) is 4.19. The van der Waals surface area contributed by atoms with Gasteiger partial charge in [-0.25, -0.2) is 4.79 Å². The minimum atomic E-state index is -4.48. The number of fused-ring (bicyclic) bond motifs is 1. The number of carbonyl (C=O) groups is 1. The molecule has 0 aliphatic heterocycles. The molecule has 1 heterocycles. The van der Waals surface area contributed by atoms with Crippen LogP contribution in [-0.4, -0.2) is 39.2 Å². The number of hydrogen-bond acceptors (Lipinski definition) is 2. The molecule has 2 aromatic rings. The fourth-order valence-electron chi connectivity index (χ4n) is 2.79. The quantitative estimate of drug-likeness (QED) is 0.717. The summed E-state index contributed by atoms with van der Waals surface area (Å²) in [4.78, 5) is 25.3. The van der Waals surface area contributed by atoms with Crippen molar-refractivity contribution in [1.82, 2.24) is 14.0 Å². The monoisotopic (exact) mass is 355 g/mol. The van der Waals surface area contributed by atoms with Crippen LogP contribution in [0.25, 0.3) is 11.0 Å². The molecule has 0 bridgehead atoms. The second-order valence-corrected chi connectivity index (χ2v) is 5.60. The first-order chi connectivity index (χ1) is 11.8. The van der Waals surface area contributed by atoms with Crippen molar-refractivity contribution in [2.24, 2.45) is 0 Å². The number of rotatable bonds is 7. The van der Waals surface area contributed by atoms with E-state index in [4.69, 9.17) is 0 Å². The molecule has 25 heavy (non-hydrogen) atoms. The molecule has 0 saturated carbocycles. The van der Waals surface area contributed by atoms with Gasteiger partial charge in [-0.1, -0.05) is 18.2 Å². The molecule has 136 valence electrons. The Morgan fingerprint density at radius 2 is 1.84 bits per heavy atom. The summed E-state index contributed by atoms with van der Waals surface area (Å²) >= 11 is 0. The number of aryl methyl sites for hydroxylation is 2. The Bertz CT molecular complexity index is 821. The number of nitrogens with zero attached hydrogens (tertiary/aromatic N) is 3. The van der Waals surface area contributed by atoms with Gasteiger partial charge in [0.2, 0.25) is 5.91 Å². The SMILES string of the molecule is C=CCN(CC(F)(F)F)C(=O)CCn1c(=O)n(CC)c2ccccc21. The number of imidazole rings is 1. The van der Waals surface area contributed by atoms with Crippen molar-refractivity contribution >= 4 is 16.9 Å². The summed E-state index contributed by atoms with van der Waals surface area (Å²) in [7, 11) is 0. The lowest BCUT2D eigenvalue weighted by Gasteiger charge is -2.22. The van der Waals surface area contributed by atoms with Gasteiger partial charge in [-0.15, -0.1) is 6.58 Å². The molecule has 0 N–H and O–H groups in total. The van der Waals surface area contributed by atoms with Crippen LogP contribution in [0.2, 0.25) is 0 Å². The number of hydrogen-bond donors (Lipinski definition) is 0. The van der Waals surface area contributed by atoms with E-state index >= 15 is 0 Å². The van der Waals surface area contributed by atoms with Crippen molar-refractivity contribution in [1.29, 1.82) is 0 Å². The molecule has 0 aliphatic rings. The van der Waals surface area contributed by atoms with Crippen molar-refractivity contribution in [2.45, 2.75) is 32.6 Å². The van der Waals surface area contributed by atoms with Gasteiger partial charge in [0, 0.05) is 26.1 Å². The first-order valence-electron chi connectivity index (χ1n) is 7.92. The molecule has 0 atom stereocenters. The molecule has 0 spiro atoms. The van der Waals surface area contributed by atoms with Crippen LogP contribution in [0.5, 0.6) is 0 Å². The lowest BCUT2D eigenvalue weighted by molar-refractivity contribution is -0.160. The van der Waals surface area contributed by atoms with Crippen LogP contribution in [0.1, 0.15) is 13.3 Å². The molecule has 5 nitrogen and oxygen atoms in total. The van der Waals surface area contributed by atoms with Crippen LogP contribution < -0.4 is 5.69 Å². The van der Waals surface area contributed by atoms with E-state index in [1.165, 1.54) is 10.6 Å². The average molecular weight is 355 g/mol. The predicted molar refractivity (Wildman–Crippen MR) is 89.3 cm³/mol. The molecule has 0 radical (unpaired) electrons.